The second-order valence-corrected chi connectivity index (χ2v) is 5.97. The monoisotopic (exact) mass is 473 g/mol. The topological polar surface area (TPSA) is 68.9 Å². The number of nitrogens with one attached hydrogen (secondary N) is 1. The van der Waals surface area contributed by atoms with Gasteiger partial charge in [0.05, 0.1) is 26.3 Å². The van der Waals surface area contributed by atoms with Gasteiger partial charge in [-0.2, -0.15) is 0 Å². The number of benzene rings is 2. The van der Waals surface area contributed by atoms with E-state index in [1.54, 1.807) is 13.2 Å². The summed E-state index contributed by atoms with van der Waals surface area (Å²) in [6, 6.07) is 13.5. The molecule has 3 rings (SSSR count). The van der Waals surface area contributed by atoms with E-state index < -0.39 is 0 Å². The second-order valence-electron chi connectivity index (χ2n) is 5.53. The molecule has 0 aliphatic carbocycles. The third-order valence-electron chi connectivity index (χ3n) is 3.94. The van der Waals surface area contributed by atoms with Crippen molar-refractivity contribution in [1.29, 1.82) is 0 Å². The van der Waals surface area contributed by atoms with Crippen LogP contribution >= 0.6 is 35.6 Å². The van der Waals surface area contributed by atoms with Crippen molar-refractivity contribution in [2.24, 2.45) is 10.7 Å². The molecule has 134 valence electrons. The molecule has 0 fully saturated rings. The molecule has 2 aromatic rings. The van der Waals surface area contributed by atoms with Crippen molar-refractivity contribution in [3.05, 3.63) is 58.6 Å². The highest BCUT2D eigenvalue weighted by Gasteiger charge is 2.21. The maximum Gasteiger partial charge on any atom is 0.189 e. The molecule has 0 saturated heterocycles. The number of hydrogen-bond donors (Lipinski definition) is 2. The van der Waals surface area contributed by atoms with Gasteiger partial charge in [0.15, 0.2) is 5.96 Å². The third kappa shape index (κ3) is 4.92. The fourth-order valence-electron chi connectivity index (χ4n) is 2.76. The molecule has 0 aromatic heterocycles. The molecule has 1 atom stereocenters. The number of methoxy groups -OCH3 is 1. The molecule has 1 unspecified atom stereocenters. The highest BCUT2D eigenvalue weighted by atomic mass is 127. The van der Waals surface area contributed by atoms with Crippen LogP contribution in [-0.4, -0.2) is 19.7 Å². The Hall–Kier alpha value is -1.67. The Labute approximate surface area is 169 Å². The molecule has 2 aromatic carbocycles. The third-order valence-corrected chi connectivity index (χ3v) is 4.18. The van der Waals surface area contributed by atoms with Gasteiger partial charge < -0.3 is 20.5 Å². The van der Waals surface area contributed by atoms with Gasteiger partial charge in [-0.1, -0.05) is 29.8 Å². The minimum Gasteiger partial charge on any atom is -0.496 e. The van der Waals surface area contributed by atoms with Gasteiger partial charge in [-0.3, -0.25) is 0 Å². The van der Waals surface area contributed by atoms with Gasteiger partial charge in [0.2, 0.25) is 0 Å². The molecule has 3 N–H and O–H groups in total. The standard InChI is InChI=1S/C18H20ClN3O2.HI/c1-23-16-7-6-13(19)10-12(16)11-21-18(20)22-15-8-9-24-17-5-3-2-4-14(15)17;/h2-7,10,15H,8-9,11H2,1H3,(H3,20,21,22);1H. The fraction of sp³-hybridized carbons (Fsp3) is 0.278. The first-order valence-corrected chi connectivity index (χ1v) is 8.16. The summed E-state index contributed by atoms with van der Waals surface area (Å²) in [5.41, 5.74) is 8.05. The van der Waals surface area contributed by atoms with Crippen LogP contribution in [0.3, 0.4) is 0 Å². The van der Waals surface area contributed by atoms with Crippen molar-refractivity contribution >= 4 is 41.5 Å². The first-order valence-electron chi connectivity index (χ1n) is 7.78. The van der Waals surface area contributed by atoms with Crippen molar-refractivity contribution in [3.63, 3.8) is 0 Å². The lowest BCUT2D eigenvalue weighted by Crippen LogP contribution is -2.37. The summed E-state index contributed by atoms with van der Waals surface area (Å²) in [6.07, 6.45) is 0.841. The van der Waals surface area contributed by atoms with Crippen molar-refractivity contribution < 1.29 is 9.47 Å². The molecule has 25 heavy (non-hydrogen) atoms. The summed E-state index contributed by atoms with van der Waals surface area (Å²) in [4.78, 5) is 4.42. The van der Waals surface area contributed by atoms with Gasteiger partial charge in [0.25, 0.3) is 0 Å². The largest absolute Gasteiger partial charge is 0.496 e. The van der Waals surface area contributed by atoms with Crippen LogP contribution in [0.2, 0.25) is 5.02 Å². The normalized spacial score (nSPS) is 16.2. The lowest BCUT2D eigenvalue weighted by molar-refractivity contribution is 0.262. The molecule has 1 heterocycles. The number of fused-ring (bicyclic) bond motifs is 1. The van der Waals surface area contributed by atoms with Gasteiger partial charge in [0.1, 0.15) is 11.5 Å². The molecule has 5 nitrogen and oxygen atoms in total. The summed E-state index contributed by atoms with van der Waals surface area (Å²) in [6.45, 7) is 1.05. The number of halogens is 2. The fourth-order valence-corrected chi connectivity index (χ4v) is 2.95. The molecule has 0 amide bonds. The molecule has 0 radical (unpaired) electrons. The van der Waals surface area contributed by atoms with E-state index in [4.69, 9.17) is 26.8 Å². The number of hydrogen-bond acceptors (Lipinski definition) is 3. The average molecular weight is 474 g/mol. The van der Waals surface area contributed by atoms with Crippen molar-refractivity contribution in [2.75, 3.05) is 13.7 Å². The summed E-state index contributed by atoms with van der Waals surface area (Å²) in [5.74, 6) is 2.02. The Morgan fingerprint density at radius 1 is 1.36 bits per heavy atom. The SMILES string of the molecule is COc1ccc(Cl)cc1CN=C(N)NC1CCOc2ccccc21.I. The van der Waals surface area contributed by atoms with Crippen LogP contribution in [0, 0.1) is 0 Å². The maximum absolute atomic E-state index is 6.06. The zero-order valence-electron chi connectivity index (χ0n) is 13.9. The number of nitrogens with zero attached hydrogens (tertiary/aromatic N) is 1. The van der Waals surface area contributed by atoms with E-state index in [1.807, 2.05) is 36.4 Å². The predicted molar refractivity (Wildman–Crippen MR) is 111 cm³/mol. The Morgan fingerprint density at radius 3 is 2.96 bits per heavy atom. The molecule has 0 saturated carbocycles. The smallest absolute Gasteiger partial charge is 0.189 e. The molecule has 1 aliphatic heterocycles. The van der Waals surface area contributed by atoms with Gasteiger partial charge in [-0.05, 0) is 24.3 Å². The van der Waals surface area contributed by atoms with Gasteiger partial charge >= 0.3 is 0 Å². The van der Waals surface area contributed by atoms with E-state index in [0.717, 1.165) is 29.0 Å². The maximum atomic E-state index is 6.06. The second kappa shape index (κ2) is 9.15. The number of rotatable bonds is 4. The molecule has 7 heteroatoms. The van der Waals surface area contributed by atoms with Crippen molar-refractivity contribution in [2.45, 2.75) is 19.0 Å². The molecule has 1 aliphatic rings. The summed E-state index contributed by atoms with van der Waals surface area (Å²) >= 11 is 6.04. The van der Waals surface area contributed by atoms with E-state index >= 15 is 0 Å². The quantitative estimate of drug-likeness (QED) is 0.402. The lowest BCUT2D eigenvalue weighted by atomic mass is 10.0. The first kappa shape index (κ1) is 19.7. The van der Waals surface area contributed by atoms with Crippen LogP contribution in [0.5, 0.6) is 11.5 Å². The average Bonchev–Trinajstić information content (AvgIpc) is 2.60. The van der Waals surface area contributed by atoms with Crippen LogP contribution in [0.25, 0.3) is 0 Å². The number of guanidine groups is 1. The summed E-state index contributed by atoms with van der Waals surface area (Å²) in [5, 5.41) is 3.92. The van der Waals surface area contributed by atoms with Gasteiger partial charge in [-0.15, -0.1) is 24.0 Å². The Balaban J connectivity index is 0.00000225. The van der Waals surface area contributed by atoms with Crippen LogP contribution < -0.4 is 20.5 Å². The Morgan fingerprint density at radius 2 is 2.16 bits per heavy atom. The van der Waals surface area contributed by atoms with E-state index in [0.29, 0.717) is 24.1 Å². The van der Waals surface area contributed by atoms with E-state index in [-0.39, 0.29) is 30.0 Å². The van der Waals surface area contributed by atoms with E-state index in [2.05, 4.69) is 10.3 Å². The van der Waals surface area contributed by atoms with Crippen LogP contribution in [0.4, 0.5) is 0 Å². The van der Waals surface area contributed by atoms with Gasteiger partial charge in [-0.25, -0.2) is 4.99 Å². The van der Waals surface area contributed by atoms with Crippen LogP contribution in [0.15, 0.2) is 47.5 Å². The minimum absolute atomic E-state index is 0. The Bertz CT molecular complexity index is 755. The van der Waals surface area contributed by atoms with E-state index in [1.165, 1.54) is 0 Å². The molecular formula is C18H21ClIN3O2. The highest BCUT2D eigenvalue weighted by molar-refractivity contribution is 14.0. The zero-order chi connectivity index (χ0) is 16.9. The number of aliphatic imine (C=N–C) groups is 1. The molecular weight excluding hydrogens is 453 g/mol. The van der Waals surface area contributed by atoms with Crippen molar-refractivity contribution in [1.82, 2.24) is 5.32 Å². The number of para-hydroxylation sites is 1. The summed E-state index contributed by atoms with van der Waals surface area (Å²) in [7, 11) is 1.62. The van der Waals surface area contributed by atoms with E-state index in [9.17, 15) is 0 Å². The summed E-state index contributed by atoms with van der Waals surface area (Å²) < 4.78 is 11.0. The minimum atomic E-state index is 0. The predicted octanol–water partition coefficient (Wildman–Crippen LogP) is 3.89. The Kier molecular flexibility index (Phi) is 7.19. The van der Waals surface area contributed by atoms with Crippen molar-refractivity contribution in [3.8, 4) is 11.5 Å². The number of ether oxygens (including phenoxy) is 2. The van der Waals surface area contributed by atoms with Gasteiger partial charge in [0, 0.05) is 22.6 Å². The molecule has 0 spiro atoms. The first-order chi connectivity index (χ1) is 11.7. The zero-order valence-corrected chi connectivity index (χ0v) is 17.0. The molecule has 0 bridgehead atoms. The van der Waals surface area contributed by atoms with Crippen LogP contribution in [0.1, 0.15) is 23.6 Å². The lowest BCUT2D eigenvalue weighted by Gasteiger charge is -2.26. The van der Waals surface area contributed by atoms with Crippen LogP contribution in [-0.2, 0) is 6.54 Å². The number of nitrogens with two attached hydrogens (primary N) is 1. The highest BCUT2D eigenvalue weighted by Crippen LogP contribution is 2.31.